The molecular formula is C22H28. The van der Waals surface area contributed by atoms with Gasteiger partial charge in [-0.2, -0.15) is 0 Å². The fraction of sp³-hybridized carbons (Fsp3) is 0.455. The molecule has 0 unspecified atom stereocenters. The third kappa shape index (κ3) is 3.43. The van der Waals surface area contributed by atoms with Crippen molar-refractivity contribution in [1.82, 2.24) is 0 Å². The summed E-state index contributed by atoms with van der Waals surface area (Å²) in [5.74, 6) is -0.354. The van der Waals surface area contributed by atoms with Crippen molar-refractivity contribution < 1.29 is 1.37 Å². The number of hydrogen-bond acceptors (Lipinski definition) is 0. The van der Waals surface area contributed by atoms with Gasteiger partial charge in [-0.1, -0.05) is 88.6 Å². The van der Waals surface area contributed by atoms with Crippen LogP contribution in [0, 0.1) is 0 Å². The lowest BCUT2D eigenvalue weighted by atomic mass is 9.83. The van der Waals surface area contributed by atoms with Gasteiger partial charge in [-0.3, -0.25) is 0 Å². The Morgan fingerprint density at radius 2 is 1.27 bits per heavy atom. The maximum absolute atomic E-state index is 8.73. The van der Waals surface area contributed by atoms with E-state index in [0.29, 0.717) is 0 Å². The highest BCUT2D eigenvalue weighted by atomic mass is 14.2. The van der Waals surface area contributed by atoms with Gasteiger partial charge in [-0.25, -0.2) is 0 Å². The molecule has 3 rings (SSSR count). The second kappa shape index (κ2) is 6.28. The molecule has 2 aromatic rings. The van der Waals surface area contributed by atoms with Crippen LogP contribution in [0.3, 0.4) is 0 Å². The van der Waals surface area contributed by atoms with Crippen molar-refractivity contribution in [2.75, 3.05) is 0 Å². The molecule has 0 aliphatic heterocycles. The van der Waals surface area contributed by atoms with Crippen LogP contribution in [-0.4, -0.2) is 0 Å². The second-order valence-electron chi connectivity index (χ2n) is 7.57. The van der Waals surface area contributed by atoms with E-state index in [1.807, 2.05) is 0 Å². The topological polar surface area (TPSA) is 0 Å². The summed E-state index contributed by atoms with van der Waals surface area (Å²) >= 11 is 0. The molecule has 0 spiro atoms. The SMILES string of the molecule is [2H]C1(c2ccc(-c3ccc(C(C)(C)C)cc3)cc2)CCCCC1. The zero-order chi connectivity index (χ0) is 16.5. The molecular weight excluding hydrogens is 264 g/mol. The van der Waals surface area contributed by atoms with Crippen LogP contribution in [0.2, 0.25) is 0 Å². The summed E-state index contributed by atoms with van der Waals surface area (Å²) in [6, 6.07) is 17.6. The minimum Gasteiger partial charge on any atom is -0.0581 e. The summed E-state index contributed by atoms with van der Waals surface area (Å²) in [7, 11) is 0. The number of benzene rings is 2. The first-order chi connectivity index (χ1) is 10.9. The van der Waals surface area contributed by atoms with Gasteiger partial charge in [0.05, 0.1) is 0 Å². The molecule has 0 N–H and O–H groups in total. The van der Waals surface area contributed by atoms with E-state index in [1.54, 1.807) is 0 Å². The van der Waals surface area contributed by atoms with E-state index in [0.717, 1.165) is 12.8 Å². The summed E-state index contributed by atoms with van der Waals surface area (Å²) in [4.78, 5) is 0. The molecule has 1 aliphatic rings. The molecule has 0 bridgehead atoms. The summed E-state index contributed by atoms with van der Waals surface area (Å²) in [6.45, 7) is 6.73. The first kappa shape index (κ1) is 14.1. The molecule has 0 radical (unpaired) electrons. The minimum atomic E-state index is -0.354. The molecule has 22 heavy (non-hydrogen) atoms. The normalized spacial score (nSPS) is 18.8. The molecule has 1 aliphatic carbocycles. The van der Waals surface area contributed by atoms with Crippen LogP contribution >= 0.6 is 0 Å². The monoisotopic (exact) mass is 293 g/mol. The number of hydrogen-bond donors (Lipinski definition) is 0. The van der Waals surface area contributed by atoms with E-state index in [1.165, 1.54) is 41.5 Å². The molecule has 0 heteroatoms. The number of rotatable bonds is 2. The van der Waals surface area contributed by atoms with Crippen molar-refractivity contribution in [1.29, 1.82) is 0 Å². The molecule has 116 valence electrons. The lowest BCUT2D eigenvalue weighted by Gasteiger charge is -2.22. The molecule has 1 saturated carbocycles. The molecule has 0 saturated heterocycles. The first-order valence-corrected chi connectivity index (χ1v) is 8.60. The molecule has 0 nitrogen and oxygen atoms in total. The largest absolute Gasteiger partial charge is 0.0581 e. The predicted octanol–water partition coefficient (Wildman–Crippen LogP) is 6.70. The Hall–Kier alpha value is -1.56. The lowest BCUT2D eigenvalue weighted by Crippen LogP contribution is -2.10. The summed E-state index contributed by atoms with van der Waals surface area (Å²) in [5.41, 5.74) is 5.25. The standard InChI is InChI=1S/C22H28/c1-22(2,3)21-15-13-20(14-16-21)19-11-9-18(10-12-19)17-7-5-4-6-8-17/h9-17H,4-8H2,1-3H3/i17D. The van der Waals surface area contributed by atoms with E-state index in [4.69, 9.17) is 1.37 Å². The van der Waals surface area contributed by atoms with Crippen LogP contribution in [0.4, 0.5) is 0 Å². The van der Waals surface area contributed by atoms with Crippen LogP contribution in [0.5, 0.6) is 0 Å². The molecule has 0 atom stereocenters. The van der Waals surface area contributed by atoms with Gasteiger partial charge in [-0.15, -0.1) is 0 Å². The molecule has 1 fully saturated rings. The fourth-order valence-electron chi connectivity index (χ4n) is 3.33. The Morgan fingerprint density at radius 3 is 1.77 bits per heavy atom. The molecule has 0 aromatic heterocycles. The van der Waals surface area contributed by atoms with Crippen LogP contribution < -0.4 is 0 Å². The Labute approximate surface area is 137 Å². The van der Waals surface area contributed by atoms with Crippen molar-refractivity contribution in [3.63, 3.8) is 0 Å². The average Bonchev–Trinajstić information content (AvgIpc) is 2.55. The molecule has 0 amide bonds. The van der Waals surface area contributed by atoms with Crippen molar-refractivity contribution >= 4 is 0 Å². The maximum atomic E-state index is 8.73. The quantitative estimate of drug-likeness (QED) is 0.578. The minimum absolute atomic E-state index is 0.195. The highest BCUT2D eigenvalue weighted by molar-refractivity contribution is 5.64. The highest BCUT2D eigenvalue weighted by Gasteiger charge is 2.16. The van der Waals surface area contributed by atoms with Gasteiger partial charge < -0.3 is 0 Å². The van der Waals surface area contributed by atoms with Crippen molar-refractivity contribution in [3.05, 3.63) is 59.7 Å². The van der Waals surface area contributed by atoms with E-state index >= 15 is 0 Å². The Bertz CT molecular complexity index is 638. The predicted molar refractivity (Wildman–Crippen MR) is 96.4 cm³/mol. The molecule has 2 aromatic carbocycles. The third-order valence-corrected chi connectivity index (χ3v) is 4.83. The van der Waals surface area contributed by atoms with E-state index < -0.39 is 0 Å². The first-order valence-electron chi connectivity index (χ1n) is 9.10. The maximum Gasteiger partial charge on any atom is 0.0352 e. The van der Waals surface area contributed by atoms with Gasteiger partial charge in [0, 0.05) is 1.37 Å². The van der Waals surface area contributed by atoms with E-state index in [9.17, 15) is 0 Å². The average molecular weight is 293 g/mol. The van der Waals surface area contributed by atoms with Gasteiger partial charge >= 0.3 is 0 Å². The van der Waals surface area contributed by atoms with Crippen LogP contribution in [0.1, 0.15) is 71.3 Å². The highest BCUT2D eigenvalue weighted by Crippen LogP contribution is 2.34. The van der Waals surface area contributed by atoms with Gasteiger partial charge in [-0.05, 0) is 46.4 Å². The van der Waals surface area contributed by atoms with Gasteiger partial charge in [0.2, 0.25) is 0 Å². The van der Waals surface area contributed by atoms with Crippen LogP contribution in [-0.2, 0) is 5.41 Å². The van der Waals surface area contributed by atoms with Gasteiger partial charge in [0.15, 0.2) is 0 Å². The summed E-state index contributed by atoms with van der Waals surface area (Å²) < 4.78 is 8.73. The fourth-order valence-corrected chi connectivity index (χ4v) is 3.33. The van der Waals surface area contributed by atoms with Crippen molar-refractivity contribution in [3.8, 4) is 11.1 Å². The second-order valence-corrected chi connectivity index (χ2v) is 7.57. The Morgan fingerprint density at radius 1 is 0.773 bits per heavy atom. The summed E-state index contributed by atoms with van der Waals surface area (Å²) in [5, 5.41) is 0. The van der Waals surface area contributed by atoms with Crippen LogP contribution in [0.15, 0.2) is 48.5 Å². The van der Waals surface area contributed by atoms with E-state index in [2.05, 4.69) is 69.3 Å². The van der Waals surface area contributed by atoms with E-state index in [-0.39, 0.29) is 11.3 Å². The smallest absolute Gasteiger partial charge is 0.0352 e. The zero-order valence-electron chi connectivity index (χ0n) is 15.2. The lowest BCUT2D eigenvalue weighted by molar-refractivity contribution is 0.443. The van der Waals surface area contributed by atoms with Crippen molar-refractivity contribution in [2.24, 2.45) is 0 Å². The molecule has 0 heterocycles. The van der Waals surface area contributed by atoms with Gasteiger partial charge in [0.1, 0.15) is 0 Å². The summed E-state index contributed by atoms with van der Waals surface area (Å²) in [6.07, 6.45) is 5.69. The Balaban J connectivity index is 1.82. The van der Waals surface area contributed by atoms with Gasteiger partial charge in [0.25, 0.3) is 0 Å². The Kier molecular flexibility index (Phi) is 4.01. The van der Waals surface area contributed by atoms with Crippen LogP contribution in [0.25, 0.3) is 11.1 Å². The van der Waals surface area contributed by atoms with Crippen molar-refractivity contribution in [2.45, 2.75) is 64.2 Å². The zero-order valence-corrected chi connectivity index (χ0v) is 14.2. The third-order valence-electron chi connectivity index (χ3n) is 4.83.